The standard InChI is InChI=1S/C29H20Br4/c1-29(2,27-19-7-3-5-17-21(30)11-9-15(25(17)19)13-23(27)32)28-20-8-4-6-18-22(31)12-10-16(26(18)20)14-24(28)33/h3-14,27-28H,1-2H3. The van der Waals surface area contributed by atoms with Gasteiger partial charge in [0, 0.05) is 29.7 Å². The molecule has 2 aliphatic rings. The van der Waals surface area contributed by atoms with E-state index in [1.807, 2.05) is 0 Å². The maximum Gasteiger partial charge on any atom is 0.0254 e. The van der Waals surface area contributed by atoms with Crippen LogP contribution in [0.15, 0.2) is 78.6 Å². The highest BCUT2D eigenvalue weighted by Crippen LogP contribution is 2.60. The van der Waals surface area contributed by atoms with E-state index in [0.29, 0.717) is 0 Å². The van der Waals surface area contributed by atoms with Crippen molar-refractivity contribution in [3.63, 3.8) is 0 Å². The van der Waals surface area contributed by atoms with Crippen LogP contribution in [-0.2, 0) is 0 Å². The number of rotatable bonds is 2. The summed E-state index contributed by atoms with van der Waals surface area (Å²) in [5.41, 5.74) is 5.22. The Kier molecular flexibility index (Phi) is 5.34. The van der Waals surface area contributed by atoms with Crippen molar-refractivity contribution in [1.29, 1.82) is 0 Å². The molecule has 0 N–H and O–H groups in total. The summed E-state index contributed by atoms with van der Waals surface area (Å²) in [6, 6.07) is 22.2. The first-order chi connectivity index (χ1) is 15.8. The Morgan fingerprint density at radius 3 is 1.42 bits per heavy atom. The lowest BCUT2D eigenvalue weighted by atomic mass is 9.61. The van der Waals surface area contributed by atoms with Crippen molar-refractivity contribution >= 4 is 97.4 Å². The van der Waals surface area contributed by atoms with E-state index in [-0.39, 0.29) is 17.3 Å². The van der Waals surface area contributed by atoms with E-state index in [9.17, 15) is 0 Å². The summed E-state index contributed by atoms with van der Waals surface area (Å²) in [6.07, 6.45) is 4.64. The fourth-order valence-electron chi connectivity index (χ4n) is 6.02. The average molecular weight is 688 g/mol. The van der Waals surface area contributed by atoms with Gasteiger partial charge in [0.25, 0.3) is 0 Å². The third-order valence-corrected chi connectivity index (χ3v) is 10.1. The Morgan fingerprint density at radius 1 is 0.576 bits per heavy atom. The maximum absolute atomic E-state index is 4.02. The monoisotopic (exact) mass is 684 g/mol. The van der Waals surface area contributed by atoms with Crippen LogP contribution in [0.4, 0.5) is 0 Å². The Hall–Kier alpha value is -1.20. The number of hydrogen-bond acceptors (Lipinski definition) is 0. The second-order valence-electron chi connectivity index (χ2n) is 9.56. The molecule has 0 saturated heterocycles. The zero-order valence-electron chi connectivity index (χ0n) is 18.1. The molecule has 0 bridgehead atoms. The first-order valence-electron chi connectivity index (χ1n) is 11.0. The fourth-order valence-corrected chi connectivity index (χ4v) is 9.11. The molecule has 4 aromatic carbocycles. The Morgan fingerprint density at radius 2 is 1.00 bits per heavy atom. The fraction of sp³-hybridized carbons (Fsp3) is 0.172. The van der Waals surface area contributed by atoms with Crippen molar-refractivity contribution in [3.8, 4) is 0 Å². The van der Waals surface area contributed by atoms with Gasteiger partial charge in [-0.3, -0.25) is 0 Å². The molecule has 0 radical (unpaired) electrons. The Bertz CT molecular complexity index is 1430. The largest absolute Gasteiger partial charge is 0.0613 e. The van der Waals surface area contributed by atoms with Crippen LogP contribution in [0.25, 0.3) is 33.7 Å². The summed E-state index contributed by atoms with van der Waals surface area (Å²) >= 11 is 15.6. The van der Waals surface area contributed by atoms with Crippen LogP contribution in [-0.4, -0.2) is 0 Å². The van der Waals surface area contributed by atoms with Crippen LogP contribution in [0.2, 0.25) is 0 Å². The van der Waals surface area contributed by atoms with Gasteiger partial charge in [0.2, 0.25) is 0 Å². The minimum Gasteiger partial charge on any atom is -0.0613 e. The van der Waals surface area contributed by atoms with E-state index in [1.165, 1.54) is 52.8 Å². The third kappa shape index (κ3) is 3.24. The second-order valence-corrected chi connectivity index (χ2v) is 13.1. The highest BCUT2D eigenvalue weighted by molar-refractivity contribution is 9.12. The predicted octanol–water partition coefficient (Wildman–Crippen LogP) is 10.9. The molecule has 0 aliphatic heterocycles. The molecule has 0 heterocycles. The summed E-state index contributed by atoms with van der Waals surface area (Å²) in [7, 11) is 0. The quantitative estimate of drug-likeness (QED) is 0.197. The van der Waals surface area contributed by atoms with Crippen LogP contribution in [0.3, 0.4) is 0 Å². The van der Waals surface area contributed by atoms with Gasteiger partial charge in [-0.05, 0) is 73.5 Å². The lowest BCUT2D eigenvalue weighted by Gasteiger charge is -2.45. The lowest BCUT2D eigenvalue weighted by Crippen LogP contribution is -2.32. The normalized spacial score (nSPS) is 19.6. The van der Waals surface area contributed by atoms with E-state index in [0.717, 1.165) is 8.95 Å². The molecule has 6 rings (SSSR count). The second kappa shape index (κ2) is 7.91. The summed E-state index contributed by atoms with van der Waals surface area (Å²) in [6.45, 7) is 4.83. The highest BCUT2D eigenvalue weighted by atomic mass is 79.9. The van der Waals surface area contributed by atoms with Crippen molar-refractivity contribution in [1.82, 2.24) is 0 Å². The zero-order valence-corrected chi connectivity index (χ0v) is 24.4. The molecule has 33 heavy (non-hydrogen) atoms. The van der Waals surface area contributed by atoms with E-state index < -0.39 is 0 Å². The Labute approximate surface area is 227 Å². The van der Waals surface area contributed by atoms with Gasteiger partial charge in [0.1, 0.15) is 0 Å². The summed E-state index contributed by atoms with van der Waals surface area (Å²) in [5.74, 6) is 0.441. The van der Waals surface area contributed by atoms with E-state index >= 15 is 0 Å². The molecule has 164 valence electrons. The number of benzene rings is 4. The van der Waals surface area contributed by atoms with Gasteiger partial charge in [-0.25, -0.2) is 0 Å². The van der Waals surface area contributed by atoms with Gasteiger partial charge in [0.05, 0.1) is 0 Å². The maximum atomic E-state index is 4.02. The average Bonchev–Trinajstić information content (AvgIpc) is 2.78. The molecular formula is C29H20Br4. The lowest BCUT2D eigenvalue weighted by molar-refractivity contribution is 0.285. The number of allylic oxidation sites excluding steroid dienone is 2. The molecule has 2 aliphatic carbocycles. The minimum atomic E-state index is -0.104. The molecule has 0 spiro atoms. The minimum absolute atomic E-state index is 0.104. The van der Waals surface area contributed by atoms with E-state index in [4.69, 9.17) is 0 Å². The number of hydrogen-bond donors (Lipinski definition) is 0. The van der Waals surface area contributed by atoms with Crippen molar-refractivity contribution < 1.29 is 0 Å². The summed E-state index contributed by atoms with van der Waals surface area (Å²) in [4.78, 5) is 0. The SMILES string of the molecule is CC(C)(C1C(Br)=Cc2ccc(Br)c3cccc1c23)C1C(Br)=Cc2ccc(Br)c3cccc1c23. The van der Waals surface area contributed by atoms with Crippen LogP contribution < -0.4 is 0 Å². The molecule has 0 nitrogen and oxygen atoms in total. The van der Waals surface area contributed by atoms with Crippen molar-refractivity contribution in [2.24, 2.45) is 5.41 Å². The van der Waals surface area contributed by atoms with Crippen molar-refractivity contribution in [2.45, 2.75) is 25.7 Å². The van der Waals surface area contributed by atoms with Gasteiger partial charge >= 0.3 is 0 Å². The van der Waals surface area contributed by atoms with E-state index in [1.54, 1.807) is 0 Å². The Balaban J connectivity index is 1.61. The van der Waals surface area contributed by atoms with Crippen LogP contribution >= 0.6 is 63.7 Å². The van der Waals surface area contributed by atoms with Crippen molar-refractivity contribution in [2.75, 3.05) is 0 Å². The number of halogens is 4. The molecular weight excluding hydrogens is 668 g/mol. The van der Waals surface area contributed by atoms with Gasteiger partial charge in [0.15, 0.2) is 0 Å². The summed E-state index contributed by atoms with van der Waals surface area (Å²) < 4.78 is 4.77. The molecule has 0 aromatic heterocycles. The zero-order chi connectivity index (χ0) is 23.1. The van der Waals surface area contributed by atoms with Crippen LogP contribution in [0, 0.1) is 5.41 Å². The van der Waals surface area contributed by atoms with Gasteiger partial charge in [-0.15, -0.1) is 0 Å². The first-order valence-corrected chi connectivity index (χ1v) is 14.1. The van der Waals surface area contributed by atoms with Gasteiger partial charge in [-0.2, -0.15) is 0 Å². The smallest absolute Gasteiger partial charge is 0.0254 e. The summed E-state index contributed by atoms with van der Waals surface area (Å²) in [5, 5.41) is 5.25. The molecule has 0 saturated carbocycles. The van der Waals surface area contributed by atoms with Crippen LogP contribution in [0.5, 0.6) is 0 Å². The first kappa shape index (κ1) is 22.3. The highest BCUT2D eigenvalue weighted by Gasteiger charge is 2.45. The third-order valence-electron chi connectivity index (χ3n) is 7.35. The predicted molar refractivity (Wildman–Crippen MR) is 156 cm³/mol. The van der Waals surface area contributed by atoms with Crippen molar-refractivity contribution in [3.05, 3.63) is 101 Å². The molecule has 4 heteroatoms. The molecule has 0 amide bonds. The van der Waals surface area contributed by atoms with Gasteiger partial charge < -0.3 is 0 Å². The van der Waals surface area contributed by atoms with E-state index in [2.05, 4.69) is 150 Å². The molecule has 4 aromatic rings. The molecule has 2 unspecified atom stereocenters. The van der Waals surface area contributed by atoms with Gasteiger partial charge in [-0.1, -0.05) is 126 Å². The molecule has 2 atom stereocenters. The topological polar surface area (TPSA) is 0 Å². The molecule has 0 fully saturated rings. The van der Waals surface area contributed by atoms with Crippen LogP contribution in [0.1, 0.15) is 47.9 Å².